The molecule has 0 unspecified atom stereocenters. The molecule has 1 heteroatoms. The van der Waals surface area contributed by atoms with Crippen LogP contribution in [-0.4, -0.2) is 0 Å². The van der Waals surface area contributed by atoms with E-state index in [9.17, 15) is 0 Å². The summed E-state index contributed by atoms with van der Waals surface area (Å²) < 4.78 is 50.3. The molecule has 1 aromatic heterocycles. The summed E-state index contributed by atoms with van der Waals surface area (Å²) in [5, 5.41) is 0. The number of hydrogen-bond donors (Lipinski definition) is 0. The Morgan fingerprint density at radius 3 is 1.79 bits per heavy atom. The average molecular weight is 371 g/mol. The van der Waals surface area contributed by atoms with E-state index in [1.807, 2.05) is 86.8 Å². The molecule has 4 rings (SSSR count). The van der Waals surface area contributed by atoms with E-state index >= 15 is 0 Å². The zero-order chi connectivity index (χ0) is 24.7. The van der Waals surface area contributed by atoms with Crippen molar-refractivity contribution >= 4 is 0 Å². The van der Waals surface area contributed by atoms with E-state index in [0.717, 1.165) is 27.9 Å². The molecule has 138 valence electrons. The van der Waals surface area contributed by atoms with E-state index in [1.54, 1.807) is 16.8 Å². The van der Waals surface area contributed by atoms with Crippen molar-refractivity contribution < 1.29 is 12.8 Å². The Kier molecular flexibility index (Phi) is 3.27. The molecule has 4 aromatic rings. The van der Waals surface area contributed by atoms with E-state index in [4.69, 9.17) is 8.22 Å². The van der Waals surface area contributed by atoms with Crippen LogP contribution in [0.2, 0.25) is 0 Å². The quantitative estimate of drug-likeness (QED) is 0.365. The number of nitrogens with zero attached hydrogens (tertiary/aromatic N) is 1. The highest BCUT2D eigenvalue weighted by molar-refractivity contribution is 5.78. The van der Waals surface area contributed by atoms with Crippen molar-refractivity contribution in [2.75, 3.05) is 0 Å². The van der Waals surface area contributed by atoms with Crippen LogP contribution >= 0.6 is 0 Å². The molecule has 0 N–H and O–H groups in total. The number of hydrogen-bond acceptors (Lipinski definition) is 0. The Labute approximate surface area is 176 Å². The van der Waals surface area contributed by atoms with Gasteiger partial charge in [0.05, 0.1) is 0 Å². The van der Waals surface area contributed by atoms with Crippen LogP contribution in [0.1, 0.15) is 24.9 Å². The SMILES string of the molecule is [2H]C([2H])([2H])c1cc(C)c(-c2cc(-c3ccccc3)c(C([2H])([2H])[2H])c[n+]2C)cc1-c1ccccc1. The minimum absolute atomic E-state index is 0.269. The topological polar surface area (TPSA) is 3.88 Å². The van der Waals surface area contributed by atoms with Gasteiger partial charge in [0.25, 0.3) is 0 Å². The van der Waals surface area contributed by atoms with Gasteiger partial charge in [0.2, 0.25) is 5.69 Å². The summed E-state index contributed by atoms with van der Waals surface area (Å²) in [4.78, 5) is 0. The van der Waals surface area contributed by atoms with Crippen molar-refractivity contribution in [3.05, 3.63) is 102 Å². The molecular formula is C27H26N+. The Bertz CT molecular complexity index is 1220. The van der Waals surface area contributed by atoms with Gasteiger partial charge >= 0.3 is 0 Å². The predicted molar refractivity (Wildman–Crippen MR) is 118 cm³/mol. The van der Waals surface area contributed by atoms with E-state index in [2.05, 4.69) is 0 Å². The number of benzene rings is 3. The lowest BCUT2D eigenvalue weighted by Gasteiger charge is -2.13. The molecule has 1 nitrogen and oxygen atoms in total. The summed E-state index contributed by atoms with van der Waals surface area (Å²) in [5.74, 6) is 0. The fraction of sp³-hybridized carbons (Fsp3) is 0.148. The van der Waals surface area contributed by atoms with Gasteiger partial charge in [-0.25, -0.2) is 4.57 Å². The van der Waals surface area contributed by atoms with Crippen LogP contribution in [0.5, 0.6) is 0 Å². The van der Waals surface area contributed by atoms with Crippen molar-refractivity contribution in [3.63, 3.8) is 0 Å². The van der Waals surface area contributed by atoms with Gasteiger partial charge in [-0.3, -0.25) is 0 Å². The normalized spacial score (nSPS) is 14.9. The van der Waals surface area contributed by atoms with E-state index in [1.165, 1.54) is 0 Å². The second-order valence-electron chi connectivity index (χ2n) is 7.04. The van der Waals surface area contributed by atoms with Crippen LogP contribution in [0, 0.1) is 20.6 Å². The molecule has 0 radical (unpaired) electrons. The zero-order valence-electron chi connectivity index (χ0n) is 22.0. The highest BCUT2D eigenvalue weighted by Gasteiger charge is 2.18. The third kappa shape index (κ3) is 3.36. The van der Waals surface area contributed by atoms with Crippen molar-refractivity contribution in [1.82, 2.24) is 0 Å². The standard InChI is InChI=1S/C27H26N/c1-19-15-20(2)26(16-24(19)22-11-7-5-8-12-22)27-17-25(21(3)18-28(27)4)23-13-9-6-10-14-23/h5-18H,1-4H3/q+1/i1D3,3D3. The number of rotatable bonds is 3. The van der Waals surface area contributed by atoms with Gasteiger partial charge in [-0.05, 0) is 60.1 Å². The monoisotopic (exact) mass is 370 g/mol. The van der Waals surface area contributed by atoms with Gasteiger partial charge in [-0.2, -0.15) is 0 Å². The zero-order valence-corrected chi connectivity index (χ0v) is 16.0. The summed E-state index contributed by atoms with van der Waals surface area (Å²) in [6.45, 7) is -2.66. The maximum atomic E-state index is 8.09. The predicted octanol–water partition coefficient (Wildman–Crippen LogP) is 6.44. The van der Waals surface area contributed by atoms with E-state index < -0.39 is 13.7 Å². The molecule has 0 amide bonds. The second-order valence-corrected chi connectivity index (χ2v) is 7.04. The van der Waals surface area contributed by atoms with Crippen molar-refractivity contribution in [2.24, 2.45) is 7.05 Å². The smallest absolute Gasteiger partial charge is 0.201 e. The first-order valence-electron chi connectivity index (χ1n) is 12.3. The second kappa shape index (κ2) is 7.44. The molecule has 0 saturated carbocycles. The fourth-order valence-electron chi connectivity index (χ4n) is 3.61. The first kappa shape index (κ1) is 12.3. The Morgan fingerprint density at radius 2 is 1.21 bits per heavy atom. The Hall–Kier alpha value is -3.19. The number of aryl methyl sites for hydroxylation is 4. The summed E-state index contributed by atoms with van der Waals surface area (Å²) >= 11 is 0. The molecular weight excluding hydrogens is 338 g/mol. The molecule has 0 spiro atoms. The lowest BCUT2D eigenvalue weighted by atomic mass is 9.92. The number of aromatic nitrogens is 1. The summed E-state index contributed by atoms with van der Waals surface area (Å²) in [6, 6.07) is 24.5. The van der Waals surface area contributed by atoms with E-state index in [-0.39, 0.29) is 5.56 Å². The molecule has 0 bridgehead atoms. The summed E-state index contributed by atoms with van der Waals surface area (Å²) in [7, 11) is 1.82. The third-order valence-electron chi connectivity index (χ3n) is 5.08. The van der Waals surface area contributed by atoms with Crippen LogP contribution in [0.15, 0.2) is 85.1 Å². The first-order valence-corrected chi connectivity index (χ1v) is 9.27. The molecule has 0 atom stereocenters. The van der Waals surface area contributed by atoms with Crippen LogP contribution in [-0.2, 0) is 7.05 Å². The molecule has 3 aromatic carbocycles. The Morgan fingerprint density at radius 1 is 0.643 bits per heavy atom. The minimum Gasteiger partial charge on any atom is -0.201 e. The molecule has 0 aliphatic heterocycles. The maximum absolute atomic E-state index is 8.09. The lowest BCUT2D eigenvalue weighted by molar-refractivity contribution is -0.660. The molecule has 0 fully saturated rings. The lowest BCUT2D eigenvalue weighted by Crippen LogP contribution is -2.31. The minimum atomic E-state index is -2.28. The van der Waals surface area contributed by atoms with Crippen molar-refractivity contribution in [2.45, 2.75) is 20.6 Å². The highest BCUT2D eigenvalue weighted by Crippen LogP contribution is 2.33. The summed E-state index contributed by atoms with van der Waals surface area (Å²) in [6.07, 6.45) is 1.66. The maximum Gasteiger partial charge on any atom is 0.213 e. The average Bonchev–Trinajstić information content (AvgIpc) is 2.79. The molecule has 1 heterocycles. The van der Waals surface area contributed by atoms with Crippen LogP contribution in [0.4, 0.5) is 0 Å². The van der Waals surface area contributed by atoms with Crippen LogP contribution in [0.25, 0.3) is 33.5 Å². The molecule has 0 aliphatic rings. The third-order valence-corrected chi connectivity index (χ3v) is 5.08. The van der Waals surface area contributed by atoms with Gasteiger partial charge in [0.1, 0.15) is 7.05 Å². The first-order chi connectivity index (χ1) is 16.0. The van der Waals surface area contributed by atoms with Gasteiger partial charge in [-0.15, -0.1) is 0 Å². The van der Waals surface area contributed by atoms with Gasteiger partial charge in [0.15, 0.2) is 6.20 Å². The largest absolute Gasteiger partial charge is 0.213 e. The van der Waals surface area contributed by atoms with Crippen molar-refractivity contribution in [1.29, 1.82) is 0 Å². The highest BCUT2D eigenvalue weighted by atomic mass is 14.9. The van der Waals surface area contributed by atoms with Gasteiger partial charge in [-0.1, -0.05) is 66.7 Å². The van der Waals surface area contributed by atoms with Crippen LogP contribution < -0.4 is 4.57 Å². The van der Waals surface area contributed by atoms with E-state index in [0.29, 0.717) is 16.7 Å². The van der Waals surface area contributed by atoms with Crippen molar-refractivity contribution in [3.8, 4) is 33.5 Å². The molecule has 0 saturated heterocycles. The molecule has 28 heavy (non-hydrogen) atoms. The molecule has 0 aliphatic carbocycles. The Balaban J connectivity index is 2.02. The van der Waals surface area contributed by atoms with Gasteiger partial charge < -0.3 is 0 Å². The summed E-state index contributed by atoms with van der Waals surface area (Å²) in [5.41, 5.74) is 5.94. The van der Waals surface area contributed by atoms with Gasteiger partial charge in [0, 0.05) is 25.4 Å². The van der Waals surface area contributed by atoms with Crippen LogP contribution in [0.3, 0.4) is 0 Å². The fourth-order valence-corrected chi connectivity index (χ4v) is 3.61. The number of pyridine rings is 1.